The van der Waals surface area contributed by atoms with E-state index in [9.17, 15) is 0 Å². The number of hydrogen-bond acceptors (Lipinski definition) is 5. The zero-order valence-corrected chi connectivity index (χ0v) is 14.6. The van der Waals surface area contributed by atoms with Crippen molar-refractivity contribution in [1.82, 2.24) is 14.8 Å². The van der Waals surface area contributed by atoms with Crippen LogP contribution < -0.4 is 9.64 Å². The van der Waals surface area contributed by atoms with E-state index in [-0.39, 0.29) is 0 Å². The van der Waals surface area contributed by atoms with E-state index in [1.807, 2.05) is 18.3 Å². The van der Waals surface area contributed by atoms with Gasteiger partial charge in [-0.1, -0.05) is 6.92 Å². The second-order valence-corrected chi connectivity index (χ2v) is 6.74. The number of likely N-dealkylation sites (N-methyl/N-ethyl adjacent to an activating group) is 1. The first-order valence-electron chi connectivity index (χ1n) is 8.92. The van der Waals surface area contributed by atoms with E-state index in [4.69, 9.17) is 4.74 Å². The largest absolute Gasteiger partial charge is 0.497 e. The highest BCUT2D eigenvalue weighted by atomic mass is 16.5. The fourth-order valence-corrected chi connectivity index (χ4v) is 3.84. The summed E-state index contributed by atoms with van der Waals surface area (Å²) in [4.78, 5) is 12.2. The topological polar surface area (TPSA) is 31.8 Å². The van der Waals surface area contributed by atoms with Crippen LogP contribution in [0.15, 0.2) is 30.5 Å². The SMILES string of the molecule is CCN1CCN(C2CN(c3ccnc4ccc(OC)cc34)C2)CC1. The monoisotopic (exact) mass is 326 g/mol. The van der Waals surface area contributed by atoms with Crippen LogP contribution in [0.4, 0.5) is 5.69 Å². The van der Waals surface area contributed by atoms with Crippen LogP contribution in [-0.2, 0) is 0 Å². The maximum absolute atomic E-state index is 5.39. The molecule has 128 valence electrons. The Kier molecular flexibility index (Phi) is 4.29. The smallest absolute Gasteiger partial charge is 0.119 e. The highest BCUT2D eigenvalue weighted by Crippen LogP contribution is 2.32. The van der Waals surface area contributed by atoms with Crippen LogP contribution in [0.5, 0.6) is 5.75 Å². The highest BCUT2D eigenvalue weighted by Gasteiger charge is 2.34. The van der Waals surface area contributed by atoms with Crippen molar-refractivity contribution in [2.75, 3.05) is 57.8 Å². The van der Waals surface area contributed by atoms with Crippen LogP contribution in [-0.4, -0.2) is 73.7 Å². The Morgan fingerprint density at radius 3 is 2.62 bits per heavy atom. The number of piperazine rings is 1. The summed E-state index contributed by atoms with van der Waals surface area (Å²) < 4.78 is 5.39. The van der Waals surface area contributed by atoms with Gasteiger partial charge in [0.2, 0.25) is 0 Å². The molecular weight excluding hydrogens is 300 g/mol. The number of ether oxygens (including phenoxy) is 1. The first-order chi connectivity index (χ1) is 11.8. The van der Waals surface area contributed by atoms with Gasteiger partial charge in [-0.15, -0.1) is 0 Å². The molecule has 0 unspecified atom stereocenters. The molecule has 0 N–H and O–H groups in total. The summed E-state index contributed by atoms with van der Waals surface area (Å²) in [6.45, 7) is 10.5. The van der Waals surface area contributed by atoms with Crippen molar-refractivity contribution in [2.45, 2.75) is 13.0 Å². The molecule has 0 bridgehead atoms. The van der Waals surface area contributed by atoms with E-state index in [0.29, 0.717) is 6.04 Å². The summed E-state index contributed by atoms with van der Waals surface area (Å²) in [5.41, 5.74) is 2.32. The van der Waals surface area contributed by atoms with Gasteiger partial charge >= 0.3 is 0 Å². The van der Waals surface area contributed by atoms with E-state index in [2.05, 4.69) is 38.7 Å². The first-order valence-corrected chi connectivity index (χ1v) is 8.92. The molecule has 2 aliphatic heterocycles. The molecule has 2 aromatic rings. The Balaban J connectivity index is 1.46. The zero-order valence-electron chi connectivity index (χ0n) is 14.6. The third-order valence-electron chi connectivity index (χ3n) is 5.50. The number of aromatic nitrogens is 1. The van der Waals surface area contributed by atoms with Gasteiger partial charge in [-0.25, -0.2) is 0 Å². The van der Waals surface area contributed by atoms with Crippen molar-refractivity contribution in [1.29, 1.82) is 0 Å². The van der Waals surface area contributed by atoms with Gasteiger partial charge in [0.25, 0.3) is 0 Å². The lowest BCUT2D eigenvalue weighted by Crippen LogP contribution is -2.63. The van der Waals surface area contributed by atoms with Gasteiger partial charge in [-0.05, 0) is 30.8 Å². The minimum Gasteiger partial charge on any atom is -0.497 e. The fraction of sp³-hybridized carbons (Fsp3) is 0.526. The molecule has 0 aliphatic carbocycles. The number of hydrogen-bond donors (Lipinski definition) is 0. The fourth-order valence-electron chi connectivity index (χ4n) is 3.84. The molecule has 24 heavy (non-hydrogen) atoms. The quantitative estimate of drug-likeness (QED) is 0.859. The summed E-state index contributed by atoms with van der Waals surface area (Å²) in [6.07, 6.45) is 1.91. The molecule has 0 spiro atoms. The van der Waals surface area contributed by atoms with Crippen LogP contribution in [0.2, 0.25) is 0 Å². The van der Waals surface area contributed by atoms with Gasteiger partial charge in [-0.3, -0.25) is 9.88 Å². The number of rotatable bonds is 4. The van der Waals surface area contributed by atoms with Crippen LogP contribution in [0.3, 0.4) is 0 Å². The van der Waals surface area contributed by atoms with E-state index >= 15 is 0 Å². The first kappa shape index (κ1) is 15.7. The molecular formula is C19H26N4O. The number of nitrogens with zero attached hydrogens (tertiary/aromatic N) is 4. The Hall–Kier alpha value is -1.85. The van der Waals surface area contributed by atoms with Crippen molar-refractivity contribution < 1.29 is 4.74 Å². The normalized spacial score (nSPS) is 20.3. The zero-order chi connectivity index (χ0) is 16.5. The highest BCUT2D eigenvalue weighted by molar-refractivity contribution is 5.93. The van der Waals surface area contributed by atoms with Gasteiger partial charge in [0, 0.05) is 62.6 Å². The Bertz CT molecular complexity index is 706. The summed E-state index contributed by atoms with van der Waals surface area (Å²) in [6, 6.07) is 8.94. The Morgan fingerprint density at radius 1 is 1.12 bits per heavy atom. The molecule has 5 heteroatoms. The molecule has 2 aliphatic rings. The van der Waals surface area contributed by atoms with Crippen molar-refractivity contribution >= 4 is 16.6 Å². The van der Waals surface area contributed by atoms with Crippen LogP contribution >= 0.6 is 0 Å². The maximum Gasteiger partial charge on any atom is 0.119 e. The number of anilines is 1. The standard InChI is InChI=1S/C19H26N4O/c1-3-21-8-10-22(11-9-21)15-13-23(14-15)19-6-7-20-18-5-4-16(24-2)12-17(18)19/h4-7,12,15H,3,8-11,13-14H2,1-2H3. The molecule has 1 aromatic carbocycles. The summed E-state index contributed by atoms with van der Waals surface area (Å²) in [5, 5.41) is 1.19. The van der Waals surface area contributed by atoms with E-state index < -0.39 is 0 Å². The van der Waals surface area contributed by atoms with Crippen LogP contribution in [0.25, 0.3) is 10.9 Å². The third kappa shape index (κ3) is 2.82. The second kappa shape index (κ2) is 6.57. The van der Waals surface area contributed by atoms with Gasteiger partial charge in [0.15, 0.2) is 0 Å². The molecule has 0 amide bonds. The maximum atomic E-state index is 5.39. The molecule has 0 atom stereocenters. The predicted molar refractivity (Wildman–Crippen MR) is 98.0 cm³/mol. The van der Waals surface area contributed by atoms with Crippen molar-refractivity contribution in [3.05, 3.63) is 30.5 Å². The number of pyridine rings is 1. The van der Waals surface area contributed by atoms with Crippen LogP contribution in [0.1, 0.15) is 6.92 Å². The molecule has 0 saturated carbocycles. The molecule has 2 fully saturated rings. The molecule has 0 radical (unpaired) electrons. The van der Waals surface area contributed by atoms with E-state index in [0.717, 1.165) is 24.4 Å². The second-order valence-electron chi connectivity index (χ2n) is 6.74. The lowest BCUT2D eigenvalue weighted by atomic mass is 10.0. The number of fused-ring (bicyclic) bond motifs is 1. The summed E-state index contributed by atoms with van der Waals surface area (Å²) in [5.74, 6) is 0.893. The number of methoxy groups -OCH3 is 1. The van der Waals surface area contributed by atoms with Crippen molar-refractivity contribution in [2.24, 2.45) is 0 Å². The molecule has 1 aromatic heterocycles. The van der Waals surface area contributed by atoms with Gasteiger partial charge < -0.3 is 14.5 Å². The van der Waals surface area contributed by atoms with Crippen molar-refractivity contribution in [3.8, 4) is 5.75 Å². The Labute approximate surface area is 143 Å². The molecule has 2 saturated heterocycles. The van der Waals surface area contributed by atoms with Gasteiger partial charge in [0.05, 0.1) is 12.6 Å². The summed E-state index contributed by atoms with van der Waals surface area (Å²) >= 11 is 0. The minimum absolute atomic E-state index is 0.692. The minimum atomic E-state index is 0.692. The van der Waals surface area contributed by atoms with Crippen molar-refractivity contribution in [3.63, 3.8) is 0 Å². The van der Waals surface area contributed by atoms with E-state index in [1.165, 1.54) is 43.8 Å². The van der Waals surface area contributed by atoms with Gasteiger partial charge in [-0.2, -0.15) is 0 Å². The molecule has 4 rings (SSSR count). The van der Waals surface area contributed by atoms with Crippen LogP contribution in [0, 0.1) is 0 Å². The predicted octanol–water partition coefficient (Wildman–Crippen LogP) is 2.07. The average molecular weight is 326 g/mol. The summed E-state index contributed by atoms with van der Waals surface area (Å²) in [7, 11) is 1.72. The molecule has 3 heterocycles. The van der Waals surface area contributed by atoms with E-state index in [1.54, 1.807) is 7.11 Å². The molecule has 5 nitrogen and oxygen atoms in total. The van der Waals surface area contributed by atoms with Gasteiger partial charge in [0.1, 0.15) is 5.75 Å². The lowest BCUT2D eigenvalue weighted by Gasteiger charge is -2.49. The lowest BCUT2D eigenvalue weighted by molar-refractivity contribution is 0.0862. The average Bonchev–Trinajstić information content (AvgIpc) is 2.61. The Morgan fingerprint density at radius 2 is 1.92 bits per heavy atom. The number of benzene rings is 1. The third-order valence-corrected chi connectivity index (χ3v) is 5.50.